The van der Waals surface area contributed by atoms with E-state index in [1.807, 2.05) is 24.3 Å². The van der Waals surface area contributed by atoms with E-state index in [0.717, 1.165) is 31.7 Å². The monoisotopic (exact) mass is 389 g/mol. The molecule has 0 aliphatic carbocycles. The van der Waals surface area contributed by atoms with Crippen molar-refractivity contribution >= 4 is 10.4 Å². The number of aromatic nitrogens is 1. The molecule has 2 aromatic rings. The van der Waals surface area contributed by atoms with Gasteiger partial charge in [0, 0.05) is 25.4 Å². The molecule has 1 spiro atoms. The number of benzene rings is 1. The number of hydrogen-bond acceptors (Lipinski definition) is 6. The number of rotatable bonds is 3. The number of methoxy groups -OCH3 is 1. The van der Waals surface area contributed by atoms with Gasteiger partial charge < -0.3 is 14.0 Å². The summed E-state index contributed by atoms with van der Waals surface area (Å²) >= 11 is 0. The van der Waals surface area contributed by atoms with Gasteiger partial charge in [-0.15, -0.1) is 4.72 Å². The molecular formula is C19H23N3O4S. The van der Waals surface area contributed by atoms with E-state index in [2.05, 4.69) is 14.6 Å². The van der Waals surface area contributed by atoms with Crippen molar-refractivity contribution in [1.29, 1.82) is 0 Å². The van der Waals surface area contributed by atoms with E-state index in [0.29, 0.717) is 6.54 Å². The lowest BCUT2D eigenvalue weighted by Gasteiger charge is -2.41. The predicted octanol–water partition coefficient (Wildman–Crippen LogP) is 2.01. The van der Waals surface area contributed by atoms with Gasteiger partial charge in [-0.05, 0) is 43.1 Å². The van der Waals surface area contributed by atoms with E-state index in [4.69, 9.17) is 9.47 Å². The molecule has 1 fully saturated rings. The van der Waals surface area contributed by atoms with Gasteiger partial charge >= 0.3 is 0 Å². The van der Waals surface area contributed by atoms with E-state index in [1.54, 1.807) is 19.4 Å². The topological polar surface area (TPSA) is 86.8 Å². The summed E-state index contributed by atoms with van der Waals surface area (Å²) in [5.41, 5.74) is 0.567. The first-order valence-corrected chi connectivity index (χ1v) is 10.5. The molecule has 1 saturated heterocycles. The number of likely N-dealkylation sites (tertiary alicyclic amines) is 1. The summed E-state index contributed by atoms with van der Waals surface area (Å²) in [4.78, 5) is 6.58. The van der Waals surface area contributed by atoms with Crippen molar-refractivity contribution in [1.82, 2.24) is 14.6 Å². The molecule has 1 aromatic carbocycles. The Bertz CT molecular complexity index is 860. The van der Waals surface area contributed by atoms with Crippen molar-refractivity contribution in [2.24, 2.45) is 0 Å². The molecule has 3 heterocycles. The Kier molecular flexibility index (Phi) is 4.90. The molecule has 2 unspecified atom stereocenters. The third-order valence-corrected chi connectivity index (χ3v) is 6.52. The average Bonchev–Trinajstić information content (AvgIpc) is 2.78. The molecular weight excluding hydrogens is 366 g/mol. The lowest BCUT2D eigenvalue weighted by Crippen LogP contribution is -2.56. The minimum atomic E-state index is -3.61. The van der Waals surface area contributed by atoms with E-state index in [-0.39, 0.29) is 17.3 Å². The van der Waals surface area contributed by atoms with Gasteiger partial charge in [-0.2, -0.15) is 0 Å². The predicted molar refractivity (Wildman–Crippen MR) is 100 cm³/mol. The van der Waals surface area contributed by atoms with Gasteiger partial charge in [0.1, 0.15) is 11.4 Å². The van der Waals surface area contributed by atoms with E-state index < -0.39 is 16.0 Å². The highest BCUT2D eigenvalue weighted by Gasteiger charge is 2.44. The van der Waals surface area contributed by atoms with E-state index >= 15 is 0 Å². The Labute approximate surface area is 160 Å². The molecule has 144 valence electrons. The van der Waals surface area contributed by atoms with Crippen LogP contribution in [0.3, 0.4) is 0 Å². The number of fused-ring (bicyclic) bond motifs is 1. The first-order valence-electron chi connectivity index (χ1n) is 8.99. The van der Waals surface area contributed by atoms with Crippen LogP contribution in [0, 0.1) is 0 Å². The van der Waals surface area contributed by atoms with Crippen molar-refractivity contribution in [2.75, 3.05) is 26.7 Å². The molecule has 0 bridgehead atoms. The van der Waals surface area contributed by atoms with Crippen molar-refractivity contribution in [3.05, 3.63) is 48.2 Å². The molecule has 0 saturated carbocycles. The molecule has 1 aromatic heterocycles. The van der Waals surface area contributed by atoms with Crippen molar-refractivity contribution in [3.63, 3.8) is 0 Å². The van der Waals surface area contributed by atoms with Gasteiger partial charge in [0.05, 0.1) is 13.7 Å². The fourth-order valence-electron chi connectivity index (χ4n) is 3.74. The number of pyridine rings is 1. The Hall–Kier alpha value is -2.00. The summed E-state index contributed by atoms with van der Waals surface area (Å²) in [5, 5.41) is 0. The fourth-order valence-corrected chi connectivity index (χ4v) is 4.94. The minimum absolute atomic E-state index is 0.106. The number of piperidine rings is 1. The van der Waals surface area contributed by atoms with Crippen LogP contribution in [-0.2, 0) is 21.2 Å². The third-order valence-electron chi connectivity index (χ3n) is 5.11. The van der Waals surface area contributed by atoms with Crippen molar-refractivity contribution in [2.45, 2.75) is 29.9 Å². The van der Waals surface area contributed by atoms with Crippen LogP contribution in [0.25, 0.3) is 0 Å². The van der Waals surface area contributed by atoms with E-state index in [9.17, 15) is 8.76 Å². The lowest BCUT2D eigenvalue weighted by molar-refractivity contribution is -0.0106. The van der Waals surface area contributed by atoms with Crippen LogP contribution in [0.1, 0.15) is 18.4 Å². The van der Waals surface area contributed by atoms with Gasteiger partial charge in [0.25, 0.3) is 5.88 Å². The van der Waals surface area contributed by atoms with Crippen LogP contribution in [0.2, 0.25) is 0 Å². The van der Waals surface area contributed by atoms with Crippen molar-refractivity contribution < 1.29 is 18.2 Å². The average molecular weight is 389 g/mol. The second kappa shape index (κ2) is 7.20. The normalized spacial score (nSPS) is 28.2. The zero-order valence-electron chi connectivity index (χ0n) is 15.2. The van der Waals surface area contributed by atoms with Crippen LogP contribution in [0.5, 0.6) is 11.6 Å². The summed E-state index contributed by atoms with van der Waals surface area (Å²) in [6, 6.07) is 11.1. The smallest absolute Gasteiger partial charge is 0.272 e. The molecule has 2 aliphatic rings. The maximum atomic E-state index is 12.5. The fraction of sp³-hybridized carbons (Fsp3) is 0.421. The molecule has 0 amide bonds. The van der Waals surface area contributed by atoms with Crippen LogP contribution in [-0.4, -0.2) is 46.8 Å². The summed E-state index contributed by atoms with van der Waals surface area (Å²) < 4.78 is 39.1. The van der Waals surface area contributed by atoms with Gasteiger partial charge in [-0.3, -0.25) is 4.90 Å². The maximum Gasteiger partial charge on any atom is 0.272 e. The van der Waals surface area contributed by atoms with Crippen molar-refractivity contribution in [3.8, 4) is 11.6 Å². The third kappa shape index (κ3) is 3.84. The molecule has 2 aliphatic heterocycles. The second-order valence-electron chi connectivity index (χ2n) is 7.08. The molecule has 0 radical (unpaired) electrons. The Morgan fingerprint density at radius 2 is 2.19 bits per heavy atom. The zero-order chi connectivity index (χ0) is 18.9. The summed E-state index contributed by atoms with van der Waals surface area (Å²) in [6.45, 7) is 2.60. The number of ether oxygens (including phenoxy) is 2. The Balaban J connectivity index is 1.54. The van der Waals surface area contributed by atoms with Gasteiger partial charge in [0.15, 0.2) is 10.4 Å². The highest BCUT2D eigenvalue weighted by molar-refractivity contribution is 7.95. The first-order chi connectivity index (χ1) is 13.0. The molecule has 2 atom stereocenters. The molecule has 8 heteroatoms. The number of hydrogen-bond donors (Lipinski definition) is 1. The summed E-state index contributed by atoms with van der Waals surface area (Å²) in [6.07, 6.45) is 3.27. The highest BCUT2D eigenvalue weighted by atomic mass is 32.3. The molecule has 1 N–H and O–H groups in total. The Morgan fingerprint density at radius 1 is 1.37 bits per heavy atom. The number of sulfonamides is 1. The summed E-state index contributed by atoms with van der Waals surface area (Å²) in [5.74, 6) is 1.02. The Morgan fingerprint density at radius 3 is 2.96 bits per heavy atom. The molecule has 7 nitrogen and oxygen atoms in total. The van der Waals surface area contributed by atoms with E-state index in [1.165, 1.54) is 11.6 Å². The minimum Gasteiger partial charge on any atom is -0.593 e. The SMILES string of the molecule is COc1ccc(CN2CCCC3(CN[S+](=O)([O-])c4cccnc4O3)C2)cc1. The van der Waals surface area contributed by atoms with Crippen LogP contribution >= 0.6 is 0 Å². The highest BCUT2D eigenvalue weighted by Crippen LogP contribution is 2.35. The van der Waals surface area contributed by atoms with Gasteiger partial charge in [-0.1, -0.05) is 16.3 Å². The number of nitrogens with zero attached hydrogens (tertiary/aromatic N) is 2. The quantitative estimate of drug-likeness (QED) is 0.808. The van der Waals surface area contributed by atoms with Crippen LogP contribution in [0.4, 0.5) is 0 Å². The largest absolute Gasteiger partial charge is 0.593 e. The molecule has 4 rings (SSSR count). The molecule has 27 heavy (non-hydrogen) atoms. The maximum absolute atomic E-state index is 12.5. The van der Waals surface area contributed by atoms with Gasteiger partial charge in [-0.25, -0.2) is 4.98 Å². The lowest BCUT2D eigenvalue weighted by atomic mass is 9.92. The zero-order valence-corrected chi connectivity index (χ0v) is 16.0. The van der Waals surface area contributed by atoms with Crippen LogP contribution < -0.4 is 14.2 Å². The number of nitrogens with one attached hydrogen (secondary N) is 1. The van der Waals surface area contributed by atoms with Crippen LogP contribution in [0.15, 0.2) is 47.5 Å². The standard InChI is InChI=1S/C19H23N3O4S/c1-25-16-7-5-15(6-8-16)12-22-11-3-9-19(14-22)13-21-27(23,24)17-4-2-10-20-18(17)26-19/h2,4-8,10H,3,9,11-14H2,1H3,(H-,21,23,24). The first kappa shape index (κ1) is 18.4. The summed E-state index contributed by atoms with van der Waals surface area (Å²) in [7, 11) is -1.96. The van der Waals surface area contributed by atoms with Gasteiger partial charge in [0.2, 0.25) is 4.90 Å². The second-order valence-corrected chi connectivity index (χ2v) is 8.81.